The fourth-order valence-corrected chi connectivity index (χ4v) is 1.87. The van der Waals surface area contributed by atoms with Crippen molar-refractivity contribution in [1.29, 1.82) is 0 Å². The zero-order valence-corrected chi connectivity index (χ0v) is 13.2. The van der Waals surface area contributed by atoms with Crippen molar-refractivity contribution in [2.45, 2.75) is 13.8 Å². The summed E-state index contributed by atoms with van der Waals surface area (Å²) in [5.74, 6) is 0.243. The SMILES string of the molecule is CC(C)COc1ccccc1C=NNc1cccc(C(=O)O)c1. The summed E-state index contributed by atoms with van der Waals surface area (Å²) in [6, 6.07) is 14.1. The minimum atomic E-state index is -0.968. The van der Waals surface area contributed by atoms with Gasteiger partial charge in [0.05, 0.1) is 24.1 Å². The van der Waals surface area contributed by atoms with Crippen molar-refractivity contribution in [2.75, 3.05) is 12.0 Å². The predicted octanol–water partition coefficient (Wildman–Crippen LogP) is 3.87. The van der Waals surface area contributed by atoms with E-state index < -0.39 is 5.97 Å². The lowest BCUT2D eigenvalue weighted by molar-refractivity contribution is 0.0697. The zero-order chi connectivity index (χ0) is 16.7. The molecule has 0 unspecified atom stereocenters. The van der Waals surface area contributed by atoms with Gasteiger partial charge in [-0.25, -0.2) is 4.79 Å². The molecule has 0 spiro atoms. The summed E-state index contributed by atoms with van der Waals surface area (Å²) in [6.45, 7) is 4.82. The average Bonchev–Trinajstić information content (AvgIpc) is 2.54. The molecule has 5 nitrogen and oxygen atoms in total. The number of rotatable bonds is 7. The minimum Gasteiger partial charge on any atom is -0.493 e. The van der Waals surface area contributed by atoms with Gasteiger partial charge in [0.1, 0.15) is 5.75 Å². The summed E-state index contributed by atoms with van der Waals surface area (Å²) >= 11 is 0. The van der Waals surface area contributed by atoms with E-state index in [2.05, 4.69) is 24.4 Å². The van der Waals surface area contributed by atoms with Crippen molar-refractivity contribution in [3.63, 3.8) is 0 Å². The first kappa shape index (κ1) is 16.5. The van der Waals surface area contributed by atoms with Crippen molar-refractivity contribution in [3.8, 4) is 5.75 Å². The van der Waals surface area contributed by atoms with Crippen LogP contribution in [0.4, 0.5) is 5.69 Å². The molecule has 0 bridgehead atoms. The highest BCUT2D eigenvalue weighted by Gasteiger charge is 2.03. The maximum Gasteiger partial charge on any atom is 0.335 e. The fraction of sp³-hybridized carbons (Fsp3) is 0.222. The molecule has 5 heteroatoms. The topological polar surface area (TPSA) is 70.9 Å². The van der Waals surface area contributed by atoms with E-state index in [1.54, 1.807) is 18.3 Å². The van der Waals surface area contributed by atoms with Gasteiger partial charge in [-0.1, -0.05) is 32.0 Å². The summed E-state index contributed by atoms with van der Waals surface area (Å²) in [5, 5.41) is 13.1. The third-order valence-electron chi connectivity index (χ3n) is 3.00. The molecule has 0 heterocycles. The first-order valence-corrected chi connectivity index (χ1v) is 7.40. The van der Waals surface area contributed by atoms with Crippen LogP contribution in [0.1, 0.15) is 29.8 Å². The molecule has 0 aliphatic carbocycles. The fourth-order valence-electron chi connectivity index (χ4n) is 1.87. The summed E-state index contributed by atoms with van der Waals surface area (Å²) in [7, 11) is 0. The summed E-state index contributed by atoms with van der Waals surface area (Å²) in [4.78, 5) is 10.9. The van der Waals surface area contributed by atoms with Crippen molar-refractivity contribution in [2.24, 2.45) is 11.0 Å². The number of carbonyl (C=O) groups is 1. The summed E-state index contributed by atoms with van der Waals surface area (Å²) in [6.07, 6.45) is 1.66. The van der Waals surface area contributed by atoms with E-state index in [9.17, 15) is 4.79 Å². The van der Waals surface area contributed by atoms with E-state index in [4.69, 9.17) is 9.84 Å². The first-order chi connectivity index (χ1) is 11.1. The number of aromatic carboxylic acids is 1. The lowest BCUT2D eigenvalue weighted by atomic mass is 10.2. The molecule has 0 aromatic heterocycles. The molecule has 0 radical (unpaired) electrons. The van der Waals surface area contributed by atoms with Crippen LogP contribution in [0.2, 0.25) is 0 Å². The zero-order valence-electron chi connectivity index (χ0n) is 13.2. The largest absolute Gasteiger partial charge is 0.493 e. The molecule has 0 fully saturated rings. The molecule has 2 rings (SSSR count). The van der Waals surface area contributed by atoms with E-state index in [1.165, 1.54) is 12.1 Å². The van der Waals surface area contributed by atoms with Crippen LogP contribution in [-0.2, 0) is 0 Å². The second-order valence-corrected chi connectivity index (χ2v) is 5.50. The molecule has 0 saturated heterocycles. The van der Waals surface area contributed by atoms with E-state index in [-0.39, 0.29) is 5.56 Å². The van der Waals surface area contributed by atoms with Crippen LogP contribution in [0.15, 0.2) is 53.6 Å². The predicted molar refractivity (Wildman–Crippen MR) is 91.4 cm³/mol. The standard InChI is InChI=1S/C18H20N2O3/c1-13(2)12-23-17-9-4-3-6-15(17)11-19-20-16-8-5-7-14(10-16)18(21)22/h3-11,13,20H,12H2,1-2H3,(H,21,22). The van der Waals surface area contributed by atoms with Crippen LogP contribution in [0, 0.1) is 5.92 Å². The monoisotopic (exact) mass is 312 g/mol. The van der Waals surface area contributed by atoms with Gasteiger partial charge >= 0.3 is 5.97 Å². The van der Waals surface area contributed by atoms with Gasteiger partial charge in [0.15, 0.2) is 0 Å². The van der Waals surface area contributed by atoms with E-state index in [0.717, 1.165) is 11.3 Å². The Hall–Kier alpha value is -2.82. The second-order valence-electron chi connectivity index (χ2n) is 5.50. The third-order valence-corrected chi connectivity index (χ3v) is 3.00. The Bertz CT molecular complexity index is 696. The minimum absolute atomic E-state index is 0.214. The molecule has 0 saturated carbocycles. The van der Waals surface area contributed by atoms with Crippen molar-refractivity contribution >= 4 is 17.9 Å². The average molecular weight is 312 g/mol. The molecule has 0 aliphatic heterocycles. The first-order valence-electron chi connectivity index (χ1n) is 7.40. The Morgan fingerprint density at radius 1 is 1.26 bits per heavy atom. The highest BCUT2D eigenvalue weighted by Crippen LogP contribution is 2.17. The van der Waals surface area contributed by atoms with Gasteiger partial charge in [0, 0.05) is 5.56 Å². The summed E-state index contributed by atoms with van der Waals surface area (Å²) in [5.41, 5.74) is 4.51. The molecule has 0 atom stereocenters. The number of hydrazone groups is 1. The number of carboxylic acid groups (broad SMARTS) is 1. The maximum absolute atomic E-state index is 10.9. The normalized spacial score (nSPS) is 10.9. The highest BCUT2D eigenvalue weighted by molar-refractivity contribution is 5.89. The second kappa shape index (κ2) is 7.98. The number of para-hydroxylation sites is 1. The number of hydrogen-bond donors (Lipinski definition) is 2. The van der Waals surface area contributed by atoms with Crippen LogP contribution in [-0.4, -0.2) is 23.9 Å². The Labute approximate surface area is 135 Å². The van der Waals surface area contributed by atoms with Crippen molar-refractivity contribution < 1.29 is 14.6 Å². The highest BCUT2D eigenvalue weighted by atomic mass is 16.5. The van der Waals surface area contributed by atoms with E-state index in [1.807, 2.05) is 24.3 Å². The third kappa shape index (κ3) is 5.14. The number of anilines is 1. The number of nitrogens with zero attached hydrogens (tertiary/aromatic N) is 1. The molecule has 23 heavy (non-hydrogen) atoms. The number of ether oxygens (including phenoxy) is 1. The number of hydrogen-bond acceptors (Lipinski definition) is 4. The Kier molecular flexibility index (Phi) is 5.74. The van der Waals surface area contributed by atoms with Crippen LogP contribution in [0.5, 0.6) is 5.75 Å². The molecule has 2 aromatic carbocycles. The van der Waals surface area contributed by atoms with E-state index >= 15 is 0 Å². The Morgan fingerprint density at radius 3 is 2.78 bits per heavy atom. The molecule has 120 valence electrons. The molecular weight excluding hydrogens is 292 g/mol. The van der Waals surface area contributed by atoms with Crippen LogP contribution in [0.25, 0.3) is 0 Å². The van der Waals surface area contributed by atoms with Crippen molar-refractivity contribution in [1.82, 2.24) is 0 Å². The van der Waals surface area contributed by atoms with Gasteiger partial charge in [-0.2, -0.15) is 5.10 Å². The number of nitrogens with one attached hydrogen (secondary N) is 1. The maximum atomic E-state index is 10.9. The van der Waals surface area contributed by atoms with E-state index in [0.29, 0.717) is 18.2 Å². The molecule has 0 amide bonds. The summed E-state index contributed by atoms with van der Waals surface area (Å²) < 4.78 is 5.76. The van der Waals surface area contributed by atoms with Crippen molar-refractivity contribution in [3.05, 3.63) is 59.7 Å². The number of benzene rings is 2. The lowest BCUT2D eigenvalue weighted by Gasteiger charge is -2.10. The molecule has 0 aliphatic rings. The van der Waals surface area contributed by atoms with Crippen LogP contribution < -0.4 is 10.2 Å². The van der Waals surface area contributed by atoms with Gasteiger partial charge in [-0.15, -0.1) is 0 Å². The van der Waals surface area contributed by atoms with Gasteiger partial charge in [-0.3, -0.25) is 5.43 Å². The quantitative estimate of drug-likeness (QED) is 0.601. The Morgan fingerprint density at radius 2 is 2.04 bits per heavy atom. The molecule has 2 aromatic rings. The number of carboxylic acids is 1. The van der Waals surface area contributed by atoms with Gasteiger partial charge < -0.3 is 9.84 Å². The molecule has 2 N–H and O–H groups in total. The van der Waals surface area contributed by atoms with Crippen LogP contribution in [0.3, 0.4) is 0 Å². The Balaban J connectivity index is 2.06. The van der Waals surface area contributed by atoms with Gasteiger partial charge in [0.25, 0.3) is 0 Å². The van der Waals surface area contributed by atoms with Gasteiger partial charge in [0.2, 0.25) is 0 Å². The lowest BCUT2D eigenvalue weighted by Crippen LogP contribution is -2.06. The van der Waals surface area contributed by atoms with Gasteiger partial charge in [-0.05, 0) is 36.2 Å². The molecular formula is C18H20N2O3. The smallest absolute Gasteiger partial charge is 0.335 e. The van der Waals surface area contributed by atoms with Crippen LogP contribution >= 0.6 is 0 Å².